The van der Waals surface area contributed by atoms with Gasteiger partial charge in [0.2, 0.25) is 0 Å². The van der Waals surface area contributed by atoms with Gasteiger partial charge in [0, 0.05) is 20.2 Å². The Morgan fingerprint density at radius 1 is 1.46 bits per heavy atom. The van der Waals surface area contributed by atoms with Gasteiger partial charge in [-0.25, -0.2) is 14.5 Å². The SMILES string of the molecule is CC[C@@]1(OC)O[C@@H](n2ccc(-n3cncn3)nc2=O)[C@H](OC(C)=O)[C@@H]1C. The van der Waals surface area contributed by atoms with Crippen LogP contribution in [0.25, 0.3) is 5.82 Å². The van der Waals surface area contributed by atoms with E-state index in [2.05, 4.69) is 15.1 Å². The molecule has 0 spiro atoms. The van der Waals surface area contributed by atoms with Crippen LogP contribution in [0, 0.1) is 5.92 Å². The van der Waals surface area contributed by atoms with Crippen molar-refractivity contribution < 1.29 is 19.0 Å². The molecule has 1 saturated heterocycles. The molecule has 10 nitrogen and oxygen atoms in total. The van der Waals surface area contributed by atoms with E-state index in [1.54, 1.807) is 6.07 Å². The summed E-state index contributed by atoms with van der Waals surface area (Å²) in [6.45, 7) is 5.09. The summed E-state index contributed by atoms with van der Waals surface area (Å²) in [7, 11) is 1.53. The lowest BCUT2D eigenvalue weighted by Gasteiger charge is -2.30. The fourth-order valence-corrected chi connectivity index (χ4v) is 3.28. The maximum Gasteiger partial charge on any atom is 0.351 e. The van der Waals surface area contributed by atoms with Crippen LogP contribution in [0.1, 0.15) is 33.4 Å². The third kappa shape index (κ3) is 3.01. The standard InChI is InChI=1S/C16H21N5O5/c1-5-16(24-4)10(2)13(25-11(3)22)14(26-16)20-7-6-12(19-15(20)23)21-9-17-8-18-21/h6-10,13-14H,5H2,1-4H3/t10-,13+,14+,16+/m0/s1. The molecule has 0 N–H and O–H groups in total. The minimum atomic E-state index is -0.963. The smallest absolute Gasteiger partial charge is 0.351 e. The maximum absolute atomic E-state index is 12.6. The normalized spacial score (nSPS) is 28.2. The fourth-order valence-electron chi connectivity index (χ4n) is 3.28. The molecule has 0 bridgehead atoms. The number of carbonyl (C=O) groups excluding carboxylic acids is 1. The van der Waals surface area contributed by atoms with Crippen molar-refractivity contribution in [2.24, 2.45) is 5.92 Å². The van der Waals surface area contributed by atoms with Crippen molar-refractivity contribution in [1.29, 1.82) is 0 Å². The molecule has 4 atom stereocenters. The number of nitrogens with zero attached hydrogens (tertiary/aromatic N) is 5. The molecule has 3 heterocycles. The van der Waals surface area contributed by atoms with Crippen LogP contribution in [-0.4, -0.2) is 49.3 Å². The molecule has 2 aromatic heterocycles. The van der Waals surface area contributed by atoms with Crippen molar-refractivity contribution in [2.75, 3.05) is 7.11 Å². The first-order valence-corrected chi connectivity index (χ1v) is 8.26. The number of hydrogen-bond donors (Lipinski definition) is 0. The number of aromatic nitrogens is 5. The van der Waals surface area contributed by atoms with Crippen molar-refractivity contribution in [3.8, 4) is 5.82 Å². The van der Waals surface area contributed by atoms with Gasteiger partial charge in [-0.15, -0.1) is 0 Å². The largest absolute Gasteiger partial charge is 0.457 e. The summed E-state index contributed by atoms with van der Waals surface area (Å²) < 4.78 is 19.7. The second-order valence-electron chi connectivity index (χ2n) is 6.06. The first-order valence-electron chi connectivity index (χ1n) is 8.26. The van der Waals surface area contributed by atoms with Crippen molar-refractivity contribution in [2.45, 2.75) is 45.3 Å². The minimum Gasteiger partial charge on any atom is -0.457 e. The van der Waals surface area contributed by atoms with Crippen molar-refractivity contribution in [3.63, 3.8) is 0 Å². The zero-order valence-electron chi connectivity index (χ0n) is 15.0. The predicted octanol–water partition coefficient (Wildman–Crippen LogP) is 0.673. The minimum absolute atomic E-state index is 0.284. The van der Waals surface area contributed by atoms with E-state index in [4.69, 9.17) is 14.2 Å². The zero-order valence-corrected chi connectivity index (χ0v) is 15.0. The number of carbonyl (C=O) groups is 1. The van der Waals surface area contributed by atoms with Crippen LogP contribution in [0.3, 0.4) is 0 Å². The molecular formula is C16H21N5O5. The Morgan fingerprint density at radius 3 is 2.77 bits per heavy atom. The summed E-state index contributed by atoms with van der Waals surface area (Å²) in [5.74, 6) is -1.38. The van der Waals surface area contributed by atoms with E-state index in [9.17, 15) is 9.59 Å². The van der Waals surface area contributed by atoms with Gasteiger partial charge in [-0.05, 0) is 12.5 Å². The van der Waals surface area contributed by atoms with Crippen molar-refractivity contribution in [3.05, 3.63) is 35.4 Å². The third-order valence-electron chi connectivity index (χ3n) is 4.67. The second kappa shape index (κ2) is 6.96. The molecule has 1 aliphatic rings. The Kier molecular flexibility index (Phi) is 4.88. The summed E-state index contributed by atoms with van der Waals surface area (Å²) in [6.07, 6.45) is 3.30. The van der Waals surface area contributed by atoms with E-state index in [1.165, 1.54) is 42.1 Å². The van der Waals surface area contributed by atoms with E-state index in [0.717, 1.165) is 0 Å². The average molecular weight is 363 g/mol. The highest BCUT2D eigenvalue weighted by Crippen LogP contribution is 2.45. The highest BCUT2D eigenvalue weighted by Gasteiger charge is 2.55. The lowest BCUT2D eigenvalue weighted by Crippen LogP contribution is -2.39. The monoisotopic (exact) mass is 363 g/mol. The quantitative estimate of drug-likeness (QED) is 0.713. The summed E-state index contributed by atoms with van der Waals surface area (Å²) >= 11 is 0. The highest BCUT2D eigenvalue weighted by atomic mass is 16.7. The van der Waals surface area contributed by atoms with Crippen molar-refractivity contribution in [1.82, 2.24) is 24.3 Å². The Balaban J connectivity index is 2.00. The first kappa shape index (κ1) is 18.2. The molecule has 0 amide bonds. The summed E-state index contributed by atoms with van der Waals surface area (Å²) in [6, 6.07) is 1.60. The highest BCUT2D eigenvalue weighted by molar-refractivity contribution is 5.66. The van der Waals surface area contributed by atoms with E-state index in [0.29, 0.717) is 12.2 Å². The predicted molar refractivity (Wildman–Crippen MR) is 88.3 cm³/mol. The van der Waals surface area contributed by atoms with Crippen LogP contribution in [0.15, 0.2) is 29.7 Å². The lowest BCUT2D eigenvalue weighted by molar-refractivity contribution is -0.242. The van der Waals surface area contributed by atoms with Gasteiger partial charge in [0.1, 0.15) is 12.7 Å². The van der Waals surface area contributed by atoms with E-state index in [1.807, 2.05) is 13.8 Å². The summed E-state index contributed by atoms with van der Waals surface area (Å²) in [5.41, 5.74) is -0.560. The van der Waals surface area contributed by atoms with Gasteiger partial charge in [0.15, 0.2) is 23.9 Å². The molecule has 10 heteroatoms. The summed E-state index contributed by atoms with van der Waals surface area (Å²) in [4.78, 5) is 32.0. The molecule has 2 aromatic rings. The fraction of sp³-hybridized carbons (Fsp3) is 0.562. The number of methoxy groups -OCH3 is 1. The van der Waals surface area contributed by atoms with Crippen LogP contribution < -0.4 is 5.69 Å². The summed E-state index contributed by atoms with van der Waals surface area (Å²) in [5, 5.41) is 3.95. The van der Waals surface area contributed by atoms with Gasteiger partial charge in [-0.3, -0.25) is 9.36 Å². The van der Waals surface area contributed by atoms with Gasteiger partial charge in [-0.2, -0.15) is 10.1 Å². The molecule has 1 fully saturated rings. The Labute approximate surface area is 149 Å². The molecule has 140 valence electrons. The first-order chi connectivity index (χ1) is 12.4. The van der Waals surface area contributed by atoms with Crippen LogP contribution in [0.4, 0.5) is 0 Å². The number of ether oxygens (including phenoxy) is 3. The maximum atomic E-state index is 12.6. The van der Waals surface area contributed by atoms with E-state index < -0.39 is 29.8 Å². The van der Waals surface area contributed by atoms with Gasteiger partial charge < -0.3 is 14.2 Å². The zero-order chi connectivity index (χ0) is 18.9. The molecule has 0 aromatic carbocycles. The van der Waals surface area contributed by atoms with Gasteiger partial charge in [0.25, 0.3) is 0 Å². The number of esters is 1. The Hall–Kier alpha value is -2.59. The Morgan fingerprint density at radius 2 is 2.23 bits per heavy atom. The van der Waals surface area contributed by atoms with E-state index in [-0.39, 0.29) is 5.92 Å². The molecular weight excluding hydrogens is 342 g/mol. The van der Waals surface area contributed by atoms with Crippen molar-refractivity contribution >= 4 is 5.97 Å². The van der Waals surface area contributed by atoms with Crippen LogP contribution in [0.2, 0.25) is 0 Å². The average Bonchev–Trinajstić information content (AvgIpc) is 3.24. The second-order valence-corrected chi connectivity index (χ2v) is 6.06. The topological polar surface area (TPSA) is 110 Å². The van der Waals surface area contributed by atoms with Gasteiger partial charge >= 0.3 is 11.7 Å². The van der Waals surface area contributed by atoms with Crippen LogP contribution in [-0.2, 0) is 19.0 Å². The Bertz CT molecular complexity index is 830. The van der Waals surface area contributed by atoms with Gasteiger partial charge in [-0.1, -0.05) is 13.8 Å². The van der Waals surface area contributed by atoms with Gasteiger partial charge in [0.05, 0.1) is 5.92 Å². The molecule has 0 saturated carbocycles. The lowest BCUT2D eigenvalue weighted by atomic mass is 9.94. The number of rotatable bonds is 5. The molecule has 0 aliphatic carbocycles. The molecule has 0 radical (unpaired) electrons. The molecule has 1 aliphatic heterocycles. The van der Waals surface area contributed by atoms with Crippen LogP contribution >= 0.6 is 0 Å². The molecule has 26 heavy (non-hydrogen) atoms. The third-order valence-corrected chi connectivity index (χ3v) is 4.67. The molecule has 3 rings (SSSR count). The van der Waals surface area contributed by atoms with E-state index >= 15 is 0 Å². The number of hydrogen-bond acceptors (Lipinski definition) is 8. The van der Waals surface area contributed by atoms with Crippen LogP contribution in [0.5, 0.6) is 0 Å². The molecule has 0 unspecified atom stereocenters.